The molecule has 2 fully saturated rings. The second-order valence-electron chi connectivity index (χ2n) is 13.9. The van der Waals surface area contributed by atoms with Crippen LogP contribution in [0.25, 0.3) is 0 Å². The molecule has 2 aliphatic heterocycles. The molecule has 0 aromatic heterocycles. The van der Waals surface area contributed by atoms with Crippen LogP contribution in [0.1, 0.15) is 82.6 Å². The SMILES string of the molecule is CC(C)(C)OC(=O)[C@@H]1C[C@H](CO[Si](C)(C)C(C)(C)C)[C@H]([C@H]2COC(C)(C)O2)N1C(=O)OC(C)(C)C. The van der Waals surface area contributed by atoms with Gasteiger partial charge >= 0.3 is 12.1 Å². The fourth-order valence-corrected chi connectivity index (χ4v) is 5.25. The average molecular weight is 516 g/mol. The maximum atomic E-state index is 13.5. The summed E-state index contributed by atoms with van der Waals surface area (Å²) in [6.07, 6.45) is -0.562. The van der Waals surface area contributed by atoms with Crippen LogP contribution in [-0.4, -0.2) is 73.7 Å². The molecule has 0 aromatic carbocycles. The Kier molecular flexibility index (Phi) is 8.55. The van der Waals surface area contributed by atoms with Crippen molar-refractivity contribution in [3.8, 4) is 0 Å². The lowest BCUT2D eigenvalue weighted by atomic mass is 9.96. The molecule has 0 aliphatic carbocycles. The molecule has 0 spiro atoms. The van der Waals surface area contributed by atoms with E-state index < -0.39 is 55.6 Å². The van der Waals surface area contributed by atoms with Crippen molar-refractivity contribution < 1.29 is 33.0 Å². The number of hydrogen-bond acceptors (Lipinski definition) is 7. The first-order chi connectivity index (χ1) is 15.5. The molecule has 0 bridgehead atoms. The van der Waals surface area contributed by atoms with Crippen LogP contribution in [0.4, 0.5) is 4.79 Å². The number of nitrogens with zero attached hydrogens (tertiary/aromatic N) is 1. The van der Waals surface area contributed by atoms with E-state index in [4.69, 9.17) is 23.4 Å². The van der Waals surface area contributed by atoms with Crippen molar-refractivity contribution in [1.29, 1.82) is 0 Å². The quantitative estimate of drug-likeness (QED) is 0.353. The predicted molar refractivity (Wildman–Crippen MR) is 138 cm³/mol. The average Bonchev–Trinajstić information content (AvgIpc) is 3.16. The van der Waals surface area contributed by atoms with Crippen LogP contribution >= 0.6 is 0 Å². The minimum atomic E-state index is -2.07. The first kappa shape index (κ1) is 30.1. The number of carbonyl (C=O) groups is 2. The minimum Gasteiger partial charge on any atom is -0.458 e. The zero-order chi connectivity index (χ0) is 27.2. The van der Waals surface area contributed by atoms with E-state index in [1.807, 2.05) is 55.4 Å². The minimum absolute atomic E-state index is 0.0332. The van der Waals surface area contributed by atoms with Crippen molar-refractivity contribution >= 4 is 20.4 Å². The highest BCUT2D eigenvalue weighted by molar-refractivity contribution is 6.74. The van der Waals surface area contributed by atoms with Gasteiger partial charge in [-0.3, -0.25) is 4.90 Å². The van der Waals surface area contributed by atoms with Crippen molar-refractivity contribution in [3.63, 3.8) is 0 Å². The molecule has 0 unspecified atom stereocenters. The smallest absolute Gasteiger partial charge is 0.411 e. The van der Waals surface area contributed by atoms with E-state index in [-0.39, 0.29) is 11.0 Å². The number of amides is 1. The number of likely N-dealkylation sites (tertiary alicyclic amines) is 1. The van der Waals surface area contributed by atoms with Gasteiger partial charge < -0.3 is 23.4 Å². The molecule has 0 N–H and O–H groups in total. The van der Waals surface area contributed by atoms with Gasteiger partial charge in [0.15, 0.2) is 14.1 Å². The second kappa shape index (κ2) is 9.95. The van der Waals surface area contributed by atoms with Crippen LogP contribution in [0.3, 0.4) is 0 Å². The van der Waals surface area contributed by atoms with Gasteiger partial charge in [0.1, 0.15) is 23.3 Å². The molecular weight excluding hydrogens is 466 g/mol. The molecule has 2 heterocycles. The van der Waals surface area contributed by atoms with Gasteiger partial charge in [0.25, 0.3) is 0 Å². The summed E-state index contributed by atoms with van der Waals surface area (Å²) in [7, 11) is -2.07. The van der Waals surface area contributed by atoms with Gasteiger partial charge in [0, 0.05) is 12.5 Å². The molecule has 2 aliphatic rings. The summed E-state index contributed by atoms with van der Waals surface area (Å²) >= 11 is 0. The third kappa shape index (κ3) is 7.91. The Hall–Kier alpha value is -1.16. The number of carbonyl (C=O) groups excluding carboxylic acids is 2. The standard InChI is InChI=1S/C26H49NO7Si/c1-23(2,3)33-21(28)18-14-17(15-31-35(12,13)25(7,8)9)20(19-16-30-26(10,11)32-19)27(18)22(29)34-24(4,5)6/h17-20H,14-16H2,1-13H3/t17-,18+,19-,20-/m1/s1. The highest BCUT2D eigenvalue weighted by atomic mass is 28.4. The van der Waals surface area contributed by atoms with E-state index >= 15 is 0 Å². The fraction of sp³-hybridized carbons (Fsp3) is 0.923. The van der Waals surface area contributed by atoms with Crippen molar-refractivity contribution in [3.05, 3.63) is 0 Å². The van der Waals surface area contributed by atoms with E-state index in [1.54, 1.807) is 0 Å². The lowest BCUT2D eigenvalue weighted by Gasteiger charge is -2.39. The van der Waals surface area contributed by atoms with Gasteiger partial charge in [-0.1, -0.05) is 20.8 Å². The molecule has 4 atom stereocenters. The number of rotatable bonds is 5. The zero-order valence-corrected chi connectivity index (χ0v) is 25.2. The maximum absolute atomic E-state index is 13.5. The molecular formula is C26H49NO7Si. The van der Waals surface area contributed by atoms with Crippen LogP contribution in [0.5, 0.6) is 0 Å². The summed E-state index contributed by atoms with van der Waals surface area (Å²) in [5.41, 5.74) is -1.40. The summed E-state index contributed by atoms with van der Waals surface area (Å²) in [5.74, 6) is -1.36. The molecule has 35 heavy (non-hydrogen) atoms. The fourth-order valence-electron chi connectivity index (χ4n) is 4.18. The molecule has 0 saturated carbocycles. The van der Waals surface area contributed by atoms with Gasteiger partial charge in [-0.25, -0.2) is 9.59 Å². The molecule has 0 aromatic rings. The van der Waals surface area contributed by atoms with Crippen molar-refractivity contribution in [2.75, 3.05) is 13.2 Å². The van der Waals surface area contributed by atoms with Gasteiger partial charge in [-0.15, -0.1) is 0 Å². The topological polar surface area (TPSA) is 83.5 Å². The summed E-state index contributed by atoms with van der Waals surface area (Å²) in [6.45, 7) is 26.3. The van der Waals surface area contributed by atoms with Crippen molar-refractivity contribution in [2.45, 2.75) is 136 Å². The van der Waals surface area contributed by atoms with E-state index in [0.29, 0.717) is 19.6 Å². The molecule has 2 rings (SSSR count). The second-order valence-corrected chi connectivity index (χ2v) is 18.7. The summed E-state index contributed by atoms with van der Waals surface area (Å²) in [6, 6.07) is -1.25. The Morgan fingerprint density at radius 2 is 1.51 bits per heavy atom. The van der Waals surface area contributed by atoms with Crippen LogP contribution in [0, 0.1) is 5.92 Å². The Morgan fingerprint density at radius 1 is 0.971 bits per heavy atom. The monoisotopic (exact) mass is 515 g/mol. The van der Waals surface area contributed by atoms with Gasteiger partial charge in [0.2, 0.25) is 0 Å². The lowest BCUT2D eigenvalue weighted by molar-refractivity contribution is -0.162. The molecule has 2 saturated heterocycles. The summed E-state index contributed by atoms with van der Waals surface area (Å²) in [5, 5.41) is 0.0332. The van der Waals surface area contributed by atoms with Gasteiger partial charge in [-0.2, -0.15) is 0 Å². The van der Waals surface area contributed by atoms with Crippen molar-refractivity contribution in [2.24, 2.45) is 5.92 Å². The van der Waals surface area contributed by atoms with E-state index in [0.717, 1.165) is 0 Å². The third-order valence-corrected chi connectivity index (χ3v) is 11.3. The van der Waals surface area contributed by atoms with E-state index in [1.165, 1.54) is 4.90 Å². The van der Waals surface area contributed by atoms with Crippen molar-refractivity contribution in [1.82, 2.24) is 4.90 Å². The molecule has 1 amide bonds. The Balaban J connectivity index is 2.46. The Labute approximate surface area is 213 Å². The zero-order valence-electron chi connectivity index (χ0n) is 24.2. The van der Waals surface area contributed by atoms with E-state index in [2.05, 4.69) is 33.9 Å². The number of hydrogen-bond donors (Lipinski definition) is 0. The van der Waals surface area contributed by atoms with E-state index in [9.17, 15) is 9.59 Å². The number of ether oxygens (including phenoxy) is 4. The van der Waals surface area contributed by atoms with Gasteiger partial charge in [0.05, 0.1) is 12.6 Å². The normalized spacial score (nSPS) is 27.7. The highest BCUT2D eigenvalue weighted by Gasteiger charge is 2.55. The third-order valence-electron chi connectivity index (χ3n) is 6.82. The Morgan fingerprint density at radius 3 is 1.94 bits per heavy atom. The van der Waals surface area contributed by atoms with Crippen LogP contribution < -0.4 is 0 Å². The number of esters is 1. The highest BCUT2D eigenvalue weighted by Crippen LogP contribution is 2.42. The summed E-state index contributed by atoms with van der Waals surface area (Å²) in [4.78, 5) is 28.4. The molecule has 9 heteroatoms. The molecule has 8 nitrogen and oxygen atoms in total. The van der Waals surface area contributed by atoms with Crippen LogP contribution in [-0.2, 0) is 28.2 Å². The van der Waals surface area contributed by atoms with Gasteiger partial charge in [-0.05, 0) is 79.9 Å². The molecule has 204 valence electrons. The lowest BCUT2D eigenvalue weighted by Crippen LogP contribution is -2.54. The first-order valence-electron chi connectivity index (χ1n) is 12.7. The first-order valence-corrected chi connectivity index (χ1v) is 15.6. The maximum Gasteiger partial charge on any atom is 0.411 e. The van der Waals surface area contributed by atoms with Crippen LogP contribution in [0.15, 0.2) is 0 Å². The van der Waals surface area contributed by atoms with Crippen LogP contribution in [0.2, 0.25) is 18.1 Å². The predicted octanol–water partition coefficient (Wildman–Crippen LogP) is 5.50. The largest absolute Gasteiger partial charge is 0.458 e. The molecule has 0 radical (unpaired) electrons. The summed E-state index contributed by atoms with van der Waals surface area (Å²) < 4.78 is 30.2. The Bertz CT molecular complexity index is 776.